The van der Waals surface area contributed by atoms with Crippen molar-refractivity contribution in [3.05, 3.63) is 17.8 Å². The SMILES string of the molecule is CCN(CC)CCCN(CC)c1cc(C)c(N)cn1. The molecule has 0 aliphatic carbocycles. The molecule has 0 amide bonds. The molecule has 108 valence electrons. The van der Waals surface area contributed by atoms with Gasteiger partial charge in [-0.15, -0.1) is 0 Å². The Morgan fingerprint density at radius 1 is 1.11 bits per heavy atom. The summed E-state index contributed by atoms with van der Waals surface area (Å²) in [6.07, 6.45) is 2.93. The molecule has 1 rings (SSSR count). The minimum absolute atomic E-state index is 0.767. The minimum Gasteiger partial charge on any atom is -0.397 e. The van der Waals surface area contributed by atoms with Crippen LogP contribution in [0.3, 0.4) is 0 Å². The molecule has 0 saturated heterocycles. The topological polar surface area (TPSA) is 45.4 Å². The number of nitrogens with two attached hydrogens (primary N) is 1. The minimum atomic E-state index is 0.767. The van der Waals surface area contributed by atoms with Crippen LogP contribution in [0.5, 0.6) is 0 Å². The molecule has 0 atom stereocenters. The van der Waals surface area contributed by atoms with Gasteiger partial charge in [0.25, 0.3) is 0 Å². The Hall–Kier alpha value is -1.29. The van der Waals surface area contributed by atoms with Gasteiger partial charge in [0, 0.05) is 13.1 Å². The molecular weight excluding hydrogens is 236 g/mol. The molecule has 19 heavy (non-hydrogen) atoms. The first kappa shape index (κ1) is 15.8. The lowest BCUT2D eigenvalue weighted by molar-refractivity contribution is 0.300. The van der Waals surface area contributed by atoms with Crippen LogP contribution in [-0.4, -0.2) is 42.6 Å². The molecule has 0 aliphatic rings. The molecule has 1 aromatic rings. The normalized spacial score (nSPS) is 11.0. The van der Waals surface area contributed by atoms with Crippen molar-refractivity contribution in [2.75, 3.05) is 43.4 Å². The van der Waals surface area contributed by atoms with Crippen LogP contribution >= 0.6 is 0 Å². The molecule has 2 N–H and O–H groups in total. The second-order valence-corrected chi connectivity index (χ2v) is 4.86. The van der Waals surface area contributed by atoms with Gasteiger partial charge in [-0.25, -0.2) is 4.98 Å². The molecule has 0 spiro atoms. The summed E-state index contributed by atoms with van der Waals surface area (Å²) in [5.74, 6) is 1.04. The lowest BCUT2D eigenvalue weighted by Gasteiger charge is -2.24. The number of aromatic nitrogens is 1. The predicted molar refractivity (Wildman–Crippen MR) is 83.7 cm³/mol. The van der Waals surface area contributed by atoms with E-state index in [1.54, 1.807) is 6.20 Å². The Labute approximate surface area is 117 Å². The molecule has 4 nitrogen and oxygen atoms in total. The molecule has 4 heteroatoms. The zero-order valence-electron chi connectivity index (χ0n) is 12.8. The summed E-state index contributed by atoms with van der Waals surface area (Å²) in [5, 5.41) is 0. The fourth-order valence-corrected chi connectivity index (χ4v) is 2.18. The Kier molecular flexibility index (Phi) is 6.64. The van der Waals surface area contributed by atoms with Crippen molar-refractivity contribution in [2.45, 2.75) is 34.1 Å². The van der Waals surface area contributed by atoms with Crippen molar-refractivity contribution in [3.63, 3.8) is 0 Å². The molecular formula is C15H28N4. The first-order valence-corrected chi connectivity index (χ1v) is 7.31. The van der Waals surface area contributed by atoms with Gasteiger partial charge in [0.15, 0.2) is 0 Å². The average molecular weight is 264 g/mol. The lowest BCUT2D eigenvalue weighted by Crippen LogP contribution is -2.30. The highest BCUT2D eigenvalue weighted by molar-refractivity contribution is 5.52. The Bertz CT molecular complexity index is 374. The monoisotopic (exact) mass is 264 g/mol. The highest BCUT2D eigenvalue weighted by Gasteiger charge is 2.08. The van der Waals surface area contributed by atoms with Crippen molar-refractivity contribution in [1.82, 2.24) is 9.88 Å². The third kappa shape index (κ3) is 4.71. The number of hydrogen-bond acceptors (Lipinski definition) is 4. The third-order valence-electron chi connectivity index (χ3n) is 3.64. The van der Waals surface area contributed by atoms with Crippen molar-refractivity contribution in [3.8, 4) is 0 Å². The molecule has 1 aromatic heterocycles. The van der Waals surface area contributed by atoms with E-state index < -0.39 is 0 Å². The van der Waals surface area contributed by atoms with Gasteiger partial charge in [0.1, 0.15) is 5.82 Å². The van der Waals surface area contributed by atoms with Gasteiger partial charge < -0.3 is 15.5 Å². The van der Waals surface area contributed by atoms with Crippen LogP contribution in [0.1, 0.15) is 32.8 Å². The van der Waals surface area contributed by atoms with Gasteiger partial charge in [0.2, 0.25) is 0 Å². The zero-order chi connectivity index (χ0) is 14.3. The number of aryl methyl sites for hydroxylation is 1. The van der Waals surface area contributed by atoms with Crippen LogP contribution in [0.25, 0.3) is 0 Å². The number of nitrogens with zero attached hydrogens (tertiary/aromatic N) is 3. The van der Waals surface area contributed by atoms with E-state index in [4.69, 9.17) is 5.73 Å². The van der Waals surface area contributed by atoms with E-state index in [0.717, 1.165) is 49.8 Å². The van der Waals surface area contributed by atoms with E-state index in [2.05, 4.69) is 41.6 Å². The number of anilines is 2. The van der Waals surface area contributed by atoms with Gasteiger partial charge >= 0.3 is 0 Å². The van der Waals surface area contributed by atoms with Crippen LogP contribution in [-0.2, 0) is 0 Å². The molecule has 0 unspecified atom stereocenters. The van der Waals surface area contributed by atoms with E-state index in [0.29, 0.717) is 0 Å². The molecule has 0 bridgehead atoms. The van der Waals surface area contributed by atoms with Gasteiger partial charge in [-0.3, -0.25) is 0 Å². The molecule has 0 fully saturated rings. The maximum atomic E-state index is 5.82. The number of rotatable bonds is 8. The van der Waals surface area contributed by atoms with Crippen molar-refractivity contribution in [2.24, 2.45) is 0 Å². The largest absolute Gasteiger partial charge is 0.397 e. The molecule has 0 aliphatic heterocycles. The summed E-state index contributed by atoms with van der Waals surface area (Å²) in [7, 11) is 0. The number of pyridine rings is 1. The van der Waals surface area contributed by atoms with Gasteiger partial charge in [0.05, 0.1) is 11.9 Å². The van der Waals surface area contributed by atoms with E-state index >= 15 is 0 Å². The smallest absolute Gasteiger partial charge is 0.128 e. The second kappa shape index (κ2) is 8.00. The maximum absolute atomic E-state index is 5.82. The quantitative estimate of drug-likeness (QED) is 0.783. The standard InChI is InChI=1S/C15H28N4/c1-5-18(6-2)9-8-10-19(7-3)15-11-13(4)14(16)12-17-15/h11-12H,5-10,16H2,1-4H3. The third-order valence-corrected chi connectivity index (χ3v) is 3.64. The van der Waals surface area contributed by atoms with Crippen LogP contribution in [0.15, 0.2) is 12.3 Å². The molecule has 1 heterocycles. The van der Waals surface area contributed by atoms with Crippen molar-refractivity contribution < 1.29 is 0 Å². The lowest BCUT2D eigenvalue weighted by atomic mass is 10.2. The highest BCUT2D eigenvalue weighted by atomic mass is 15.2. The van der Waals surface area contributed by atoms with Crippen molar-refractivity contribution in [1.29, 1.82) is 0 Å². The predicted octanol–water partition coefficient (Wildman–Crippen LogP) is 2.53. The first-order chi connectivity index (χ1) is 9.12. The maximum Gasteiger partial charge on any atom is 0.128 e. The Morgan fingerprint density at radius 2 is 1.79 bits per heavy atom. The summed E-state index contributed by atoms with van der Waals surface area (Å²) in [5.41, 5.74) is 7.69. The molecule has 0 aromatic carbocycles. The van der Waals surface area contributed by atoms with Crippen LogP contribution < -0.4 is 10.6 Å². The molecule has 0 saturated carbocycles. The molecule has 0 radical (unpaired) electrons. The van der Waals surface area contributed by atoms with Crippen LogP contribution in [0, 0.1) is 6.92 Å². The van der Waals surface area contributed by atoms with E-state index in [1.165, 1.54) is 6.42 Å². The van der Waals surface area contributed by atoms with Crippen molar-refractivity contribution >= 4 is 11.5 Å². The van der Waals surface area contributed by atoms with E-state index in [-0.39, 0.29) is 0 Å². The van der Waals surface area contributed by atoms with E-state index in [9.17, 15) is 0 Å². The van der Waals surface area contributed by atoms with Crippen LogP contribution in [0.2, 0.25) is 0 Å². The summed E-state index contributed by atoms with van der Waals surface area (Å²) in [6.45, 7) is 14.1. The average Bonchev–Trinajstić information content (AvgIpc) is 2.42. The number of hydrogen-bond donors (Lipinski definition) is 1. The van der Waals surface area contributed by atoms with Gasteiger partial charge in [-0.2, -0.15) is 0 Å². The zero-order valence-corrected chi connectivity index (χ0v) is 12.8. The van der Waals surface area contributed by atoms with E-state index in [1.807, 2.05) is 6.92 Å². The van der Waals surface area contributed by atoms with Gasteiger partial charge in [-0.05, 0) is 51.5 Å². The van der Waals surface area contributed by atoms with Gasteiger partial charge in [-0.1, -0.05) is 13.8 Å². The summed E-state index contributed by atoms with van der Waals surface area (Å²) in [6, 6.07) is 2.08. The first-order valence-electron chi connectivity index (χ1n) is 7.31. The van der Waals surface area contributed by atoms with Crippen LogP contribution in [0.4, 0.5) is 11.5 Å². The Morgan fingerprint density at radius 3 is 2.32 bits per heavy atom. The highest BCUT2D eigenvalue weighted by Crippen LogP contribution is 2.17. The second-order valence-electron chi connectivity index (χ2n) is 4.86. The fourth-order valence-electron chi connectivity index (χ4n) is 2.18. The fraction of sp³-hybridized carbons (Fsp3) is 0.667. The summed E-state index contributed by atoms with van der Waals surface area (Å²) < 4.78 is 0. The summed E-state index contributed by atoms with van der Waals surface area (Å²) in [4.78, 5) is 9.20. The Balaban J connectivity index is 2.55. The summed E-state index contributed by atoms with van der Waals surface area (Å²) >= 11 is 0. The number of nitrogen functional groups attached to an aromatic ring is 1.